The van der Waals surface area contributed by atoms with E-state index >= 15 is 0 Å². The van der Waals surface area contributed by atoms with E-state index in [0.717, 1.165) is 12.5 Å². The minimum absolute atomic E-state index is 0.295. The van der Waals surface area contributed by atoms with Crippen molar-refractivity contribution in [3.63, 3.8) is 0 Å². The number of hydrogen-bond acceptors (Lipinski definition) is 2. The lowest BCUT2D eigenvalue weighted by atomic mass is 9.93. The normalized spacial score (nSPS) is 30.5. The van der Waals surface area contributed by atoms with E-state index < -0.39 is 0 Å². The molecule has 0 aromatic carbocycles. The number of aromatic nitrogens is 1. The van der Waals surface area contributed by atoms with E-state index in [1.807, 2.05) is 0 Å². The van der Waals surface area contributed by atoms with Crippen LogP contribution in [0.4, 0.5) is 0 Å². The Labute approximate surface area is 95.2 Å². The Kier molecular flexibility index (Phi) is 2.53. The van der Waals surface area contributed by atoms with Crippen LogP contribution >= 0.6 is 11.8 Å². The van der Waals surface area contributed by atoms with Gasteiger partial charge in [0.2, 0.25) is 0 Å². The molecule has 1 aromatic heterocycles. The molecule has 0 radical (unpaired) electrons. The molecule has 1 aliphatic heterocycles. The first-order valence-corrected chi connectivity index (χ1v) is 7.04. The Hall–Kier alpha value is -0.410. The van der Waals surface area contributed by atoms with Crippen molar-refractivity contribution in [2.24, 2.45) is 5.73 Å². The fourth-order valence-corrected chi connectivity index (χ4v) is 4.04. The maximum atomic E-state index is 6.14. The molecule has 1 aromatic rings. The van der Waals surface area contributed by atoms with Crippen molar-refractivity contribution in [1.29, 1.82) is 0 Å². The molecule has 1 fully saturated rings. The highest BCUT2D eigenvalue weighted by Gasteiger charge is 2.25. The second kappa shape index (κ2) is 3.87. The number of nitrogens with two attached hydrogens (primary N) is 1. The number of thioether (sulfide) groups is 1. The molecule has 3 heteroatoms. The number of rotatable bonds is 1. The Morgan fingerprint density at radius 1 is 1.40 bits per heavy atom. The number of fused-ring (bicyclic) bond motifs is 1. The van der Waals surface area contributed by atoms with Crippen molar-refractivity contribution in [1.82, 2.24) is 4.57 Å². The van der Waals surface area contributed by atoms with Gasteiger partial charge >= 0.3 is 0 Å². The van der Waals surface area contributed by atoms with E-state index in [9.17, 15) is 0 Å². The fraction of sp³-hybridized carbons (Fsp3) is 0.667. The summed E-state index contributed by atoms with van der Waals surface area (Å²) >= 11 is 2.08. The maximum absolute atomic E-state index is 6.14. The molecular weight excluding hydrogens is 204 g/mol. The quantitative estimate of drug-likeness (QED) is 0.791. The highest BCUT2D eigenvalue weighted by atomic mass is 32.2. The van der Waals surface area contributed by atoms with Crippen LogP contribution in [0.2, 0.25) is 0 Å². The van der Waals surface area contributed by atoms with E-state index in [-0.39, 0.29) is 0 Å². The molecule has 1 aliphatic carbocycles. The lowest BCUT2D eigenvalue weighted by molar-refractivity contribution is 0.498. The van der Waals surface area contributed by atoms with E-state index in [1.165, 1.54) is 42.0 Å². The van der Waals surface area contributed by atoms with Crippen molar-refractivity contribution in [3.05, 3.63) is 23.5 Å². The van der Waals surface area contributed by atoms with Crippen LogP contribution in [0.5, 0.6) is 0 Å². The zero-order valence-electron chi connectivity index (χ0n) is 8.98. The van der Waals surface area contributed by atoms with E-state index in [4.69, 9.17) is 5.73 Å². The van der Waals surface area contributed by atoms with Gasteiger partial charge in [-0.15, -0.1) is 0 Å². The van der Waals surface area contributed by atoms with Gasteiger partial charge in [0.25, 0.3) is 0 Å². The van der Waals surface area contributed by atoms with Gasteiger partial charge in [-0.2, -0.15) is 11.8 Å². The summed E-state index contributed by atoms with van der Waals surface area (Å²) in [4.78, 5) is 0. The van der Waals surface area contributed by atoms with Crippen LogP contribution in [-0.4, -0.2) is 16.1 Å². The van der Waals surface area contributed by atoms with Gasteiger partial charge in [-0.05, 0) is 43.1 Å². The van der Waals surface area contributed by atoms with Gasteiger partial charge in [0.1, 0.15) is 0 Å². The zero-order valence-corrected chi connectivity index (χ0v) is 9.80. The topological polar surface area (TPSA) is 30.9 Å². The predicted octanol–water partition coefficient (Wildman–Crippen LogP) is 2.50. The summed E-state index contributed by atoms with van der Waals surface area (Å²) in [7, 11) is 0. The zero-order chi connectivity index (χ0) is 10.3. The van der Waals surface area contributed by atoms with Gasteiger partial charge in [-0.25, -0.2) is 0 Å². The van der Waals surface area contributed by atoms with Crippen molar-refractivity contribution < 1.29 is 0 Å². The highest BCUT2D eigenvalue weighted by molar-refractivity contribution is 7.99. The van der Waals surface area contributed by atoms with Crippen LogP contribution < -0.4 is 5.73 Å². The fourth-order valence-electron chi connectivity index (χ4n) is 2.84. The van der Waals surface area contributed by atoms with E-state index in [0.29, 0.717) is 6.04 Å². The van der Waals surface area contributed by atoms with Crippen molar-refractivity contribution in [3.8, 4) is 0 Å². The second-order valence-corrected chi connectivity index (χ2v) is 5.79. The van der Waals surface area contributed by atoms with Crippen LogP contribution in [0.25, 0.3) is 0 Å². The van der Waals surface area contributed by atoms with Crippen LogP contribution in [0.1, 0.15) is 42.6 Å². The first-order valence-electron chi connectivity index (χ1n) is 5.89. The summed E-state index contributed by atoms with van der Waals surface area (Å²) in [5, 5.41) is 0. The minimum atomic E-state index is 0.295. The molecule has 15 heavy (non-hydrogen) atoms. The first-order chi connectivity index (χ1) is 7.36. The molecule has 2 aliphatic rings. The van der Waals surface area contributed by atoms with Crippen molar-refractivity contribution in [2.75, 3.05) is 11.5 Å². The molecule has 2 atom stereocenters. The molecule has 0 spiro atoms. The smallest absolute Gasteiger partial charge is 0.0431 e. The largest absolute Gasteiger partial charge is 0.347 e. The second-order valence-electron chi connectivity index (χ2n) is 4.64. The summed E-state index contributed by atoms with van der Waals surface area (Å²) < 4.78 is 2.51. The summed E-state index contributed by atoms with van der Waals surface area (Å²) in [5.74, 6) is 2.61. The monoisotopic (exact) mass is 222 g/mol. The summed E-state index contributed by atoms with van der Waals surface area (Å²) in [6.45, 7) is 0. The predicted molar refractivity (Wildman–Crippen MR) is 65.3 cm³/mol. The third-order valence-corrected chi connectivity index (χ3v) is 4.83. The average molecular weight is 222 g/mol. The van der Waals surface area contributed by atoms with Gasteiger partial charge < -0.3 is 10.3 Å². The SMILES string of the molecule is NC1CCCc2c1ccn2C1CCSC1. The minimum Gasteiger partial charge on any atom is -0.347 e. The summed E-state index contributed by atoms with van der Waals surface area (Å²) in [5.41, 5.74) is 9.08. The lowest BCUT2D eigenvalue weighted by Gasteiger charge is -2.23. The van der Waals surface area contributed by atoms with Gasteiger partial charge in [0, 0.05) is 29.7 Å². The molecule has 3 rings (SSSR count). The molecule has 1 saturated heterocycles. The molecule has 2 unspecified atom stereocenters. The van der Waals surface area contributed by atoms with Gasteiger partial charge in [-0.1, -0.05) is 0 Å². The van der Waals surface area contributed by atoms with Crippen LogP contribution in [0.15, 0.2) is 12.3 Å². The number of hydrogen-bond donors (Lipinski definition) is 1. The van der Waals surface area contributed by atoms with Crippen LogP contribution in [0.3, 0.4) is 0 Å². The van der Waals surface area contributed by atoms with Gasteiger partial charge in [0.15, 0.2) is 0 Å². The highest BCUT2D eigenvalue weighted by Crippen LogP contribution is 2.35. The Morgan fingerprint density at radius 3 is 3.13 bits per heavy atom. The molecule has 0 bridgehead atoms. The molecular formula is C12H18N2S. The van der Waals surface area contributed by atoms with E-state index in [2.05, 4.69) is 28.6 Å². The van der Waals surface area contributed by atoms with Crippen LogP contribution in [-0.2, 0) is 6.42 Å². The molecule has 2 N–H and O–H groups in total. The Morgan fingerprint density at radius 2 is 2.33 bits per heavy atom. The molecule has 82 valence electrons. The van der Waals surface area contributed by atoms with Gasteiger partial charge in [0.05, 0.1) is 0 Å². The van der Waals surface area contributed by atoms with Crippen molar-refractivity contribution in [2.45, 2.75) is 37.8 Å². The van der Waals surface area contributed by atoms with E-state index in [1.54, 1.807) is 0 Å². The maximum Gasteiger partial charge on any atom is 0.0431 e. The summed E-state index contributed by atoms with van der Waals surface area (Å²) in [6, 6.07) is 3.29. The van der Waals surface area contributed by atoms with Crippen LogP contribution in [0, 0.1) is 0 Å². The Balaban J connectivity index is 1.95. The Bertz CT molecular complexity index is 353. The average Bonchev–Trinajstić information content (AvgIpc) is 2.85. The lowest BCUT2D eigenvalue weighted by Crippen LogP contribution is -2.19. The molecule has 0 amide bonds. The summed E-state index contributed by atoms with van der Waals surface area (Å²) in [6.07, 6.45) is 7.26. The number of nitrogens with zero attached hydrogens (tertiary/aromatic N) is 1. The standard InChI is InChI=1S/C12H18N2S/c13-11-2-1-3-12-10(11)4-6-14(12)9-5-7-15-8-9/h4,6,9,11H,1-3,5,7-8,13H2. The van der Waals surface area contributed by atoms with Gasteiger partial charge in [-0.3, -0.25) is 0 Å². The molecule has 0 saturated carbocycles. The molecule has 2 nitrogen and oxygen atoms in total. The third-order valence-electron chi connectivity index (χ3n) is 3.69. The first kappa shape index (κ1) is 9.79. The van der Waals surface area contributed by atoms with Crippen molar-refractivity contribution >= 4 is 11.8 Å². The molecule has 2 heterocycles. The third kappa shape index (κ3) is 1.62.